The van der Waals surface area contributed by atoms with Crippen LogP contribution in [-0.4, -0.2) is 66.5 Å². The summed E-state index contributed by atoms with van der Waals surface area (Å²) in [5, 5.41) is 12.0. The molecule has 0 aromatic rings. The predicted molar refractivity (Wildman–Crippen MR) is 77.9 cm³/mol. The molecule has 0 aromatic carbocycles. The molecule has 0 atom stereocenters. The summed E-state index contributed by atoms with van der Waals surface area (Å²) < 4.78 is 0. The van der Waals surface area contributed by atoms with E-state index >= 15 is 0 Å². The molecule has 7 heteroatoms. The third-order valence-corrected chi connectivity index (χ3v) is 4.09. The van der Waals surface area contributed by atoms with Crippen LogP contribution in [0.2, 0.25) is 0 Å². The summed E-state index contributed by atoms with van der Waals surface area (Å²) in [4.78, 5) is 38.0. The number of nitrogens with zero attached hydrogens (tertiary/aromatic N) is 2. The number of carbonyl (C=O) groups is 3. The molecule has 1 rings (SSSR count). The van der Waals surface area contributed by atoms with Crippen molar-refractivity contribution >= 4 is 17.9 Å². The Bertz CT molecular complexity index is 403. The zero-order valence-electron chi connectivity index (χ0n) is 13.0. The van der Waals surface area contributed by atoms with E-state index in [4.69, 9.17) is 0 Å². The number of carboxylic acid groups (broad SMARTS) is 1. The largest absolute Gasteiger partial charge is 0.481 e. The van der Waals surface area contributed by atoms with Crippen molar-refractivity contribution in [1.82, 2.24) is 15.1 Å². The van der Waals surface area contributed by atoms with Crippen LogP contribution >= 0.6 is 0 Å². The number of carbonyl (C=O) groups excluding carboxylic acids is 2. The van der Waals surface area contributed by atoms with Gasteiger partial charge < -0.3 is 20.2 Å². The highest BCUT2D eigenvalue weighted by molar-refractivity contribution is 5.84. The van der Waals surface area contributed by atoms with Gasteiger partial charge in [-0.1, -0.05) is 12.8 Å². The summed E-state index contributed by atoms with van der Waals surface area (Å²) in [5.41, 5.74) is -0.847. The van der Waals surface area contributed by atoms with Crippen molar-refractivity contribution in [3.63, 3.8) is 0 Å². The average Bonchev–Trinajstić information content (AvgIpc) is 2.91. The molecule has 0 saturated heterocycles. The first kappa shape index (κ1) is 17.3. The molecule has 1 saturated carbocycles. The summed E-state index contributed by atoms with van der Waals surface area (Å²) in [6.45, 7) is 2.29. The van der Waals surface area contributed by atoms with Gasteiger partial charge in [0.15, 0.2) is 0 Å². The molecular formula is C14H25N3O4. The predicted octanol–water partition coefficient (Wildman–Crippen LogP) is 0.751. The zero-order chi connectivity index (χ0) is 16.0. The van der Waals surface area contributed by atoms with Gasteiger partial charge in [0, 0.05) is 27.2 Å². The van der Waals surface area contributed by atoms with Crippen molar-refractivity contribution in [2.24, 2.45) is 5.41 Å². The van der Waals surface area contributed by atoms with E-state index in [0.717, 1.165) is 12.8 Å². The summed E-state index contributed by atoms with van der Waals surface area (Å²) in [6, 6.07) is -0.389. The van der Waals surface area contributed by atoms with Crippen molar-refractivity contribution in [3.8, 4) is 0 Å². The van der Waals surface area contributed by atoms with Crippen molar-refractivity contribution in [2.75, 3.05) is 33.7 Å². The minimum absolute atomic E-state index is 0.00456. The van der Waals surface area contributed by atoms with Crippen LogP contribution < -0.4 is 5.32 Å². The lowest BCUT2D eigenvalue weighted by Crippen LogP contribution is -2.49. The number of carboxylic acids is 1. The van der Waals surface area contributed by atoms with Gasteiger partial charge in [0.25, 0.3) is 0 Å². The highest BCUT2D eigenvalue weighted by Crippen LogP contribution is 2.37. The number of nitrogens with one attached hydrogen (secondary N) is 1. The van der Waals surface area contributed by atoms with E-state index in [1.807, 2.05) is 0 Å². The summed E-state index contributed by atoms with van der Waals surface area (Å²) in [7, 11) is 3.26. The third kappa shape index (κ3) is 4.34. The summed E-state index contributed by atoms with van der Waals surface area (Å²) in [6.07, 6.45) is 2.92. The molecule has 0 bridgehead atoms. The maximum Gasteiger partial charge on any atom is 0.317 e. The topological polar surface area (TPSA) is 90.0 Å². The van der Waals surface area contributed by atoms with E-state index < -0.39 is 11.4 Å². The Morgan fingerprint density at radius 2 is 1.76 bits per heavy atom. The van der Waals surface area contributed by atoms with E-state index in [2.05, 4.69) is 5.32 Å². The number of amides is 3. The maximum absolute atomic E-state index is 12.1. The van der Waals surface area contributed by atoms with Gasteiger partial charge in [-0.05, 0) is 19.8 Å². The number of hydrogen-bond acceptors (Lipinski definition) is 3. The number of hydrogen-bond donors (Lipinski definition) is 2. The van der Waals surface area contributed by atoms with Crippen LogP contribution in [0.25, 0.3) is 0 Å². The monoisotopic (exact) mass is 299 g/mol. The highest BCUT2D eigenvalue weighted by Gasteiger charge is 2.41. The molecule has 2 N–H and O–H groups in total. The number of urea groups is 1. The number of aliphatic carboxylic acids is 1. The molecule has 7 nitrogen and oxygen atoms in total. The quantitative estimate of drug-likeness (QED) is 0.757. The van der Waals surface area contributed by atoms with Gasteiger partial charge in [0.05, 0.1) is 5.41 Å². The van der Waals surface area contributed by atoms with Gasteiger partial charge in [-0.15, -0.1) is 0 Å². The van der Waals surface area contributed by atoms with Gasteiger partial charge in [-0.25, -0.2) is 4.79 Å². The molecule has 1 aliphatic rings. The van der Waals surface area contributed by atoms with Gasteiger partial charge in [0.2, 0.25) is 5.91 Å². The first-order valence-corrected chi connectivity index (χ1v) is 7.28. The van der Waals surface area contributed by atoms with Crippen molar-refractivity contribution in [1.29, 1.82) is 0 Å². The van der Waals surface area contributed by atoms with Crippen LogP contribution in [0.4, 0.5) is 4.79 Å². The molecule has 1 fully saturated rings. The molecule has 21 heavy (non-hydrogen) atoms. The number of likely N-dealkylation sites (N-methyl/N-ethyl adjacent to an activating group) is 2. The van der Waals surface area contributed by atoms with Crippen LogP contribution in [0.3, 0.4) is 0 Å². The smallest absolute Gasteiger partial charge is 0.317 e. The molecule has 3 amide bonds. The third-order valence-electron chi connectivity index (χ3n) is 4.09. The van der Waals surface area contributed by atoms with Gasteiger partial charge >= 0.3 is 12.0 Å². The van der Waals surface area contributed by atoms with E-state index in [-0.39, 0.29) is 25.0 Å². The normalized spacial score (nSPS) is 16.3. The SMILES string of the molecule is CCN(CC(=O)N(C)C)C(=O)NCC1(C(=O)O)CCCC1. The van der Waals surface area contributed by atoms with Crippen molar-refractivity contribution in [3.05, 3.63) is 0 Å². The second-order valence-corrected chi connectivity index (χ2v) is 5.75. The molecule has 0 radical (unpaired) electrons. The average molecular weight is 299 g/mol. The number of rotatable bonds is 6. The van der Waals surface area contributed by atoms with Crippen LogP contribution in [0.5, 0.6) is 0 Å². The van der Waals surface area contributed by atoms with Crippen LogP contribution in [-0.2, 0) is 9.59 Å². The van der Waals surface area contributed by atoms with Gasteiger partial charge in [-0.3, -0.25) is 9.59 Å². The molecule has 120 valence electrons. The molecule has 1 aliphatic carbocycles. The Kier molecular flexibility index (Phi) is 5.99. The van der Waals surface area contributed by atoms with E-state index in [1.54, 1.807) is 21.0 Å². The Hall–Kier alpha value is -1.79. The minimum Gasteiger partial charge on any atom is -0.481 e. The van der Waals surface area contributed by atoms with Crippen LogP contribution in [0.1, 0.15) is 32.6 Å². The first-order valence-electron chi connectivity index (χ1n) is 7.28. The fourth-order valence-electron chi connectivity index (χ4n) is 2.51. The Labute approximate surface area is 125 Å². The van der Waals surface area contributed by atoms with E-state index in [9.17, 15) is 19.5 Å². The second kappa shape index (κ2) is 7.28. The minimum atomic E-state index is -0.854. The maximum atomic E-state index is 12.1. The molecule has 0 unspecified atom stereocenters. The molecular weight excluding hydrogens is 274 g/mol. The molecule has 0 spiro atoms. The van der Waals surface area contributed by atoms with Crippen molar-refractivity contribution < 1.29 is 19.5 Å². The second-order valence-electron chi connectivity index (χ2n) is 5.75. The van der Waals surface area contributed by atoms with Crippen LogP contribution in [0, 0.1) is 5.41 Å². The van der Waals surface area contributed by atoms with E-state index in [1.165, 1.54) is 9.80 Å². The molecule has 0 aliphatic heterocycles. The fourth-order valence-corrected chi connectivity index (χ4v) is 2.51. The fraction of sp³-hybridized carbons (Fsp3) is 0.786. The zero-order valence-corrected chi connectivity index (χ0v) is 13.0. The lowest BCUT2D eigenvalue weighted by atomic mass is 9.86. The summed E-state index contributed by atoms with van der Waals surface area (Å²) >= 11 is 0. The Morgan fingerprint density at radius 3 is 2.19 bits per heavy atom. The Balaban J connectivity index is 2.58. The standard InChI is InChI=1S/C14H25N3O4/c1-4-17(9-11(18)16(2)3)13(21)15-10-14(12(19)20)7-5-6-8-14/h4-10H2,1-3H3,(H,15,21)(H,19,20). The lowest BCUT2D eigenvalue weighted by molar-refractivity contribution is -0.148. The van der Waals surface area contributed by atoms with Crippen LogP contribution in [0.15, 0.2) is 0 Å². The molecule has 0 heterocycles. The molecule has 0 aromatic heterocycles. The summed E-state index contributed by atoms with van der Waals surface area (Å²) in [5.74, 6) is -1.02. The first-order chi connectivity index (χ1) is 9.82. The lowest BCUT2D eigenvalue weighted by Gasteiger charge is -2.27. The van der Waals surface area contributed by atoms with Gasteiger partial charge in [0.1, 0.15) is 6.54 Å². The highest BCUT2D eigenvalue weighted by atomic mass is 16.4. The van der Waals surface area contributed by atoms with Crippen molar-refractivity contribution in [2.45, 2.75) is 32.6 Å². The van der Waals surface area contributed by atoms with Gasteiger partial charge in [-0.2, -0.15) is 0 Å². The van der Waals surface area contributed by atoms with E-state index in [0.29, 0.717) is 19.4 Å². The Morgan fingerprint density at radius 1 is 1.19 bits per heavy atom.